The van der Waals surface area contributed by atoms with Crippen molar-refractivity contribution < 1.29 is 17.6 Å². The van der Waals surface area contributed by atoms with Gasteiger partial charge in [0.05, 0.1) is 5.56 Å². The van der Waals surface area contributed by atoms with Crippen LogP contribution in [0.5, 0.6) is 0 Å². The molecule has 2 rings (SSSR count). The lowest BCUT2D eigenvalue weighted by Gasteiger charge is -2.35. The summed E-state index contributed by atoms with van der Waals surface area (Å²) in [6.07, 6.45) is 0.504. The van der Waals surface area contributed by atoms with Crippen molar-refractivity contribution in [2.45, 2.75) is 51.2 Å². The summed E-state index contributed by atoms with van der Waals surface area (Å²) < 4.78 is 51.7. The maximum atomic E-state index is 13.4. The van der Waals surface area contributed by atoms with Crippen molar-refractivity contribution in [3.05, 3.63) is 35.1 Å². The average Bonchev–Trinajstić information content (AvgIpc) is 2.45. The standard InChI is InChI=1S/C16H21F4N/c1-2-10-5-3-4-6-12(10)15(21)11-7-8-14(17)13(9-11)16(18,19)20/h7-10,12,15H,2-6,21H2,1H3. The average molecular weight is 303 g/mol. The van der Waals surface area contributed by atoms with Crippen LogP contribution in [0.15, 0.2) is 18.2 Å². The highest BCUT2D eigenvalue weighted by molar-refractivity contribution is 5.30. The van der Waals surface area contributed by atoms with Gasteiger partial charge in [0.1, 0.15) is 5.82 Å². The Labute approximate surface area is 122 Å². The van der Waals surface area contributed by atoms with Gasteiger partial charge >= 0.3 is 6.18 Å². The summed E-state index contributed by atoms with van der Waals surface area (Å²) in [6, 6.07) is 2.68. The number of hydrogen-bond donors (Lipinski definition) is 1. The highest BCUT2D eigenvalue weighted by Gasteiger charge is 2.36. The van der Waals surface area contributed by atoms with Gasteiger partial charge in [0.25, 0.3) is 0 Å². The molecule has 21 heavy (non-hydrogen) atoms. The van der Waals surface area contributed by atoms with Gasteiger partial charge in [-0.1, -0.05) is 38.7 Å². The molecule has 1 aliphatic carbocycles. The molecule has 5 heteroatoms. The van der Waals surface area contributed by atoms with Gasteiger partial charge in [-0.2, -0.15) is 13.2 Å². The SMILES string of the molecule is CCC1CCCCC1C(N)c1ccc(F)c(C(F)(F)F)c1. The van der Waals surface area contributed by atoms with Gasteiger partial charge < -0.3 is 5.73 Å². The van der Waals surface area contributed by atoms with Crippen molar-refractivity contribution in [3.63, 3.8) is 0 Å². The molecule has 0 aromatic heterocycles. The van der Waals surface area contributed by atoms with E-state index in [2.05, 4.69) is 6.92 Å². The fourth-order valence-corrected chi connectivity index (χ4v) is 3.43. The first-order chi connectivity index (χ1) is 9.84. The second-order valence-electron chi connectivity index (χ2n) is 5.88. The number of halogens is 4. The molecule has 1 nitrogen and oxygen atoms in total. The lowest BCUT2D eigenvalue weighted by molar-refractivity contribution is -0.140. The number of benzene rings is 1. The molecule has 0 bridgehead atoms. The largest absolute Gasteiger partial charge is 0.419 e. The molecule has 0 spiro atoms. The number of alkyl halides is 3. The van der Waals surface area contributed by atoms with Crippen molar-refractivity contribution >= 4 is 0 Å². The monoisotopic (exact) mass is 303 g/mol. The van der Waals surface area contributed by atoms with E-state index in [-0.39, 0.29) is 5.92 Å². The van der Waals surface area contributed by atoms with Crippen LogP contribution in [0.3, 0.4) is 0 Å². The molecule has 3 unspecified atom stereocenters. The van der Waals surface area contributed by atoms with E-state index in [9.17, 15) is 17.6 Å². The number of hydrogen-bond acceptors (Lipinski definition) is 1. The van der Waals surface area contributed by atoms with Gasteiger partial charge in [-0.3, -0.25) is 0 Å². The minimum Gasteiger partial charge on any atom is -0.324 e. The van der Waals surface area contributed by atoms with Crippen LogP contribution in [0, 0.1) is 17.7 Å². The van der Waals surface area contributed by atoms with Crippen LogP contribution < -0.4 is 5.73 Å². The fraction of sp³-hybridized carbons (Fsp3) is 0.625. The molecular formula is C16H21F4N. The summed E-state index contributed by atoms with van der Waals surface area (Å²) >= 11 is 0. The van der Waals surface area contributed by atoms with Crippen LogP contribution in [-0.2, 0) is 6.18 Å². The third-order valence-electron chi connectivity index (χ3n) is 4.63. The second kappa shape index (κ2) is 6.34. The number of nitrogens with two attached hydrogens (primary N) is 1. The van der Waals surface area contributed by atoms with E-state index in [0.717, 1.165) is 44.2 Å². The Bertz CT molecular complexity index is 484. The number of rotatable bonds is 3. The Kier molecular flexibility index (Phi) is 4.91. The van der Waals surface area contributed by atoms with Crippen molar-refractivity contribution in [2.24, 2.45) is 17.6 Å². The van der Waals surface area contributed by atoms with Gasteiger partial charge in [-0.05, 0) is 36.0 Å². The molecule has 0 amide bonds. The van der Waals surface area contributed by atoms with Crippen LogP contribution in [-0.4, -0.2) is 0 Å². The molecule has 2 N–H and O–H groups in total. The third kappa shape index (κ3) is 3.57. The lowest BCUT2D eigenvalue weighted by atomic mass is 9.72. The van der Waals surface area contributed by atoms with E-state index < -0.39 is 23.6 Å². The van der Waals surface area contributed by atoms with Crippen LogP contribution in [0.25, 0.3) is 0 Å². The molecule has 3 atom stereocenters. The van der Waals surface area contributed by atoms with Crippen LogP contribution in [0.1, 0.15) is 56.2 Å². The Hall–Kier alpha value is -1.10. The maximum Gasteiger partial charge on any atom is 0.419 e. The van der Waals surface area contributed by atoms with E-state index >= 15 is 0 Å². The van der Waals surface area contributed by atoms with Gasteiger partial charge in [0, 0.05) is 6.04 Å². The molecule has 0 saturated heterocycles. The van der Waals surface area contributed by atoms with E-state index in [4.69, 9.17) is 5.73 Å². The van der Waals surface area contributed by atoms with Crippen LogP contribution >= 0.6 is 0 Å². The molecule has 0 heterocycles. The smallest absolute Gasteiger partial charge is 0.324 e. The van der Waals surface area contributed by atoms with Gasteiger partial charge in [0.15, 0.2) is 0 Å². The Morgan fingerprint density at radius 2 is 1.90 bits per heavy atom. The van der Waals surface area contributed by atoms with Gasteiger partial charge in [-0.25, -0.2) is 4.39 Å². The molecule has 1 aromatic carbocycles. The van der Waals surface area contributed by atoms with Crippen LogP contribution in [0.2, 0.25) is 0 Å². The van der Waals surface area contributed by atoms with Crippen molar-refractivity contribution in [2.75, 3.05) is 0 Å². The summed E-state index contributed by atoms with van der Waals surface area (Å²) in [5.41, 5.74) is 5.37. The van der Waals surface area contributed by atoms with Crippen LogP contribution in [0.4, 0.5) is 17.6 Å². The zero-order chi connectivity index (χ0) is 15.6. The Morgan fingerprint density at radius 3 is 2.52 bits per heavy atom. The minimum atomic E-state index is -4.68. The molecule has 1 aromatic rings. The Morgan fingerprint density at radius 1 is 1.24 bits per heavy atom. The maximum absolute atomic E-state index is 13.4. The molecule has 118 valence electrons. The Balaban J connectivity index is 2.28. The molecule has 0 radical (unpaired) electrons. The van der Waals surface area contributed by atoms with Crippen molar-refractivity contribution in [3.8, 4) is 0 Å². The second-order valence-corrected chi connectivity index (χ2v) is 5.88. The molecule has 1 aliphatic rings. The topological polar surface area (TPSA) is 26.0 Å². The zero-order valence-corrected chi connectivity index (χ0v) is 12.1. The van der Waals surface area contributed by atoms with E-state index in [0.29, 0.717) is 11.5 Å². The fourth-order valence-electron chi connectivity index (χ4n) is 3.43. The zero-order valence-electron chi connectivity index (χ0n) is 12.1. The van der Waals surface area contributed by atoms with Gasteiger partial charge in [0.2, 0.25) is 0 Å². The van der Waals surface area contributed by atoms with E-state index in [1.54, 1.807) is 0 Å². The molecule has 1 fully saturated rings. The first-order valence-electron chi connectivity index (χ1n) is 7.46. The lowest BCUT2D eigenvalue weighted by Crippen LogP contribution is -2.30. The predicted octanol–water partition coefficient (Wildman–Crippen LogP) is 5.06. The van der Waals surface area contributed by atoms with Crippen molar-refractivity contribution in [1.29, 1.82) is 0 Å². The third-order valence-corrected chi connectivity index (χ3v) is 4.63. The quantitative estimate of drug-likeness (QED) is 0.776. The minimum absolute atomic E-state index is 0.176. The predicted molar refractivity (Wildman–Crippen MR) is 74.1 cm³/mol. The summed E-state index contributed by atoms with van der Waals surface area (Å²) in [7, 11) is 0. The first-order valence-corrected chi connectivity index (χ1v) is 7.46. The normalized spacial score (nSPS) is 24.9. The summed E-state index contributed by atoms with van der Waals surface area (Å²) in [4.78, 5) is 0. The first kappa shape index (κ1) is 16.3. The molecular weight excluding hydrogens is 282 g/mol. The highest BCUT2D eigenvalue weighted by Crippen LogP contribution is 2.40. The summed E-state index contributed by atoms with van der Waals surface area (Å²) in [5, 5.41) is 0. The highest BCUT2D eigenvalue weighted by atomic mass is 19.4. The summed E-state index contributed by atoms with van der Waals surface area (Å²) in [6.45, 7) is 2.08. The summed E-state index contributed by atoms with van der Waals surface area (Å²) in [5.74, 6) is -0.627. The van der Waals surface area contributed by atoms with E-state index in [1.807, 2.05) is 0 Å². The van der Waals surface area contributed by atoms with Gasteiger partial charge in [-0.15, -0.1) is 0 Å². The molecule has 1 saturated carbocycles. The van der Waals surface area contributed by atoms with E-state index in [1.165, 1.54) is 6.07 Å². The van der Waals surface area contributed by atoms with Crippen molar-refractivity contribution in [1.82, 2.24) is 0 Å². The molecule has 0 aliphatic heterocycles.